The fourth-order valence-electron chi connectivity index (χ4n) is 1.84. The van der Waals surface area contributed by atoms with Gasteiger partial charge >= 0.3 is 6.03 Å². The van der Waals surface area contributed by atoms with E-state index in [2.05, 4.69) is 10.6 Å². The average Bonchev–Trinajstić information content (AvgIpc) is 2.51. The zero-order valence-electron chi connectivity index (χ0n) is 9.42. The van der Waals surface area contributed by atoms with Gasteiger partial charge in [0.15, 0.2) is 0 Å². The van der Waals surface area contributed by atoms with Crippen LogP contribution in [-0.2, 0) is 11.2 Å². The molecular weight excluding hydrogens is 223 g/mol. The van der Waals surface area contributed by atoms with Gasteiger partial charge in [0.1, 0.15) is 11.4 Å². The number of nitrogens with one attached hydrogen (secondary N) is 2. The molecule has 0 bridgehead atoms. The Kier molecular flexibility index (Phi) is 2.83. The number of carbonyl (C=O) groups is 2. The summed E-state index contributed by atoms with van der Waals surface area (Å²) in [6.45, 7) is 1.66. The van der Waals surface area contributed by atoms with Crippen molar-refractivity contribution in [1.82, 2.24) is 10.6 Å². The molecule has 1 aromatic rings. The lowest BCUT2D eigenvalue weighted by atomic mass is 9.93. The van der Waals surface area contributed by atoms with Crippen LogP contribution in [0, 0.1) is 5.82 Å². The van der Waals surface area contributed by atoms with Gasteiger partial charge in [0.25, 0.3) is 5.91 Å². The molecule has 1 aromatic carbocycles. The van der Waals surface area contributed by atoms with Gasteiger partial charge in [-0.05, 0) is 37.5 Å². The van der Waals surface area contributed by atoms with Gasteiger partial charge in [-0.1, -0.05) is 12.1 Å². The third-order valence-corrected chi connectivity index (χ3v) is 2.92. The fraction of sp³-hybridized carbons (Fsp3) is 0.333. The minimum Gasteiger partial charge on any atom is -0.324 e. The molecular formula is C12H13FN2O2. The summed E-state index contributed by atoms with van der Waals surface area (Å²) in [6.07, 6.45) is 0.968. The number of rotatable bonds is 3. The molecule has 1 fully saturated rings. The van der Waals surface area contributed by atoms with Crippen LogP contribution in [0.2, 0.25) is 0 Å². The molecule has 1 unspecified atom stereocenters. The zero-order chi connectivity index (χ0) is 12.5. The van der Waals surface area contributed by atoms with Gasteiger partial charge in [-0.15, -0.1) is 0 Å². The zero-order valence-corrected chi connectivity index (χ0v) is 9.42. The van der Waals surface area contributed by atoms with Gasteiger partial charge < -0.3 is 5.32 Å². The maximum atomic E-state index is 13.0. The van der Waals surface area contributed by atoms with Crippen LogP contribution in [0.4, 0.5) is 9.18 Å². The van der Waals surface area contributed by atoms with E-state index in [9.17, 15) is 14.0 Å². The molecule has 0 saturated carbocycles. The van der Waals surface area contributed by atoms with Crippen molar-refractivity contribution in [2.45, 2.75) is 25.3 Å². The van der Waals surface area contributed by atoms with Crippen molar-refractivity contribution in [2.75, 3.05) is 0 Å². The van der Waals surface area contributed by atoms with E-state index in [1.807, 2.05) is 0 Å². The normalized spacial score (nSPS) is 23.4. The summed E-state index contributed by atoms with van der Waals surface area (Å²) in [5.74, 6) is -0.633. The molecule has 5 heteroatoms. The molecule has 1 heterocycles. The molecule has 2 rings (SSSR count). The first kappa shape index (κ1) is 11.6. The molecule has 4 nitrogen and oxygen atoms in total. The van der Waals surface area contributed by atoms with E-state index in [-0.39, 0.29) is 11.7 Å². The van der Waals surface area contributed by atoms with E-state index in [1.165, 1.54) is 12.1 Å². The van der Waals surface area contributed by atoms with Crippen molar-refractivity contribution in [3.63, 3.8) is 0 Å². The Balaban J connectivity index is 2.03. The lowest BCUT2D eigenvalue weighted by Crippen LogP contribution is -2.43. The van der Waals surface area contributed by atoms with E-state index in [4.69, 9.17) is 0 Å². The lowest BCUT2D eigenvalue weighted by Gasteiger charge is -2.20. The predicted octanol–water partition coefficient (Wildman–Crippen LogP) is 1.36. The molecule has 1 aliphatic heterocycles. The molecule has 0 radical (unpaired) electrons. The highest BCUT2D eigenvalue weighted by Gasteiger charge is 2.41. The van der Waals surface area contributed by atoms with Crippen molar-refractivity contribution >= 4 is 11.9 Å². The number of halogens is 1. The van der Waals surface area contributed by atoms with Gasteiger partial charge in [-0.25, -0.2) is 9.18 Å². The Morgan fingerprint density at radius 2 is 2.12 bits per heavy atom. The SMILES string of the molecule is CC1(CCc2cccc(F)c2)NC(=O)NC1=O. The molecule has 0 aliphatic carbocycles. The van der Waals surface area contributed by atoms with E-state index >= 15 is 0 Å². The van der Waals surface area contributed by atoms with Crippen molar-refractivity contribution in [3.05, 3.63) is 35.6 Å². The van der Waals surface area contributed by atoms with E-state index in [1.54, 1.807) is 19.1 Å². The average molecular weight is 236 g/mol. The summed E-state index contributed by atoms with van der Waals surface area (Å²) in [4.78, 5) is 22.6. The summed E-state index contributed by atoms with van der Waals surface area (Å²) >= 11 is 0. The minimum atomic E-state index is -0.899. The number of amides is 3. The molecule has 17 heavy (non-hydrogen) atoms. The topological polar surface area (TPSA) is 58.2 Å². The van der Waals surface area contributed by atoms with Gasteiger partial charge in [-0.3, -0.25) is 10.1 Å². The van der Waals surface area contributed by atoms with E-state index in [0.29, 0.717) is 12.8 Å². The smallest absolute Gasteiger partial charge is 0.322 e. The minimum absolute atomic E-state index is 0.299. The Labute approximate surface area is 98.2 Å². The first-order valence-corrected chi connectivity index (χ1v) is 5.38. The Morgan fingerprint density at radius 3 is 2.71 bits per heavy atom. The lowest BCUT2D eigenvalue weighted by molar-refractivity contribution is -0.123. The number of hydrogen-bond donors (Lipinski definition) is 2. The van der Waals surface area contributed by atoms with Crippen LogP contribution in [0.25, 0.3) is 0 Å². The van der Waals surface area contributed by atoms with Crippen LogP contribution < -0.4 is 10.6 Å². The summed E-state index contributed by atoms with van der Waals surface area (Å²) in [5.41, 5.74) is -0.0937. The third-order valence-electron chi connectivity index (χ3n) is 2.92. The molecule has 1 aliphatic rings. The van der Waals surface area contributed by atoms with Crippen LogP contribution in [-0.4, -0.2) is 17.5 Å². The number of carbonyl (C=O) groups excluding carboxylic acids is 2. The summed E-state index contributed by atoms with van der Waals surface area (Å²) < 4.78 is 13.0. The fourth-order valence-corrected chi connectivity index (χ4v) is 1.84. The standard InChI is InChI=1S/C12H13FN2O2/c1-12(10(16)14-11(17)15-12)6-5-8-3-2-4-9(13)7-8/h2-4,7H,5-6H2,1H3,(H2,14,15,16,17). The van der Waals surface area contributed by atoms with Gasteiger partial charge in [-0.2, -0.15) is 0 Å². The highest BCUT2D eigenvalue weighted by atomic mass is 19.1. The maximum Gasteiger partial charge on any atom is 0.322 e. The van der Waals surface area contributed by atoms with Crippen LogP contribution in [0.15, 0.2) is 24.3 Å². The maximum absolute atomic E-state index is 13.0. The second-order valence-electron chi connectivity index (χ2n) is 4.37. The van der Waals surface area contributed by atoms with Crippen molar-refractivity contribution in [1.29, 1.82) is 0 Å². The second-order valence-corrected chi connectivity index (χ2v) is 4.37. The Morgan fingerprint density at radius 1 is 1.35 bits per heavy atom. The number of benzene rings is 1. The first-order valence-electron chi connectivity index (χ1n) is 5.38. The van der Waals surface area contributed by atoms with Crippen LogP contribution >= 0.6 is 0 Å². The molecule has 90 valence electrons. The quantitative estimate of drug-likeness (QED) is 0.778. The molecule has 3 amide bonds. The Hall–Kier alpha value is -1.91. The number of aryl methyl sites for hydroxylation is 1. The van der Waals surface area contributed by atoms with E-state index in [0.717, 1.165) is 5.56 Å². The van der Waals surface area contributed by atoms with Crippen LogP contribution in [0.5, 0.6) is 0 Å². The highest BCUT2D eigenvalue weighted by Crippen LogP contribution is 2.18. The van der Waals surface area contributed by atoms with Gasteiger partial charge in [0.2, 0.25) is 0 Å². The van der Waals surface area contributed by atoms with Gasteiger partial charge in [0.05, 0.1) is 0 Å². The Bertz CT molecular complexity index is 475. The second kappa shape index (κ2) is 4.16. The van der Waals surface area contributed by atoms with Crippen molar-refractivity contribution in [2.24, 2.45) is 0 Å². The summed E-state index contributed by atoms with van der Waals surface area (Å²) in [5, 5.41) is 4.76. The number of urea groups is 1. The largest absolute Gasteiger partial charge is 0.324 e. The monoisotopic (exact) mass is 236 g/mol. The first-order chi connectivity index (χ1) is 7.99. The van der Waals surface area contributed by atoms with E-state index < -0.39 is 11.6 Å². The molecule has 0 spiro atoms. The summed E-state index contributed by atoms with van der Waals surface area (Å²) in [6, 6.07) is 5.74. The third kappa shape index (κ3) is 2.43. The molecule has 1 atom stereocenters. The highest BCUT2D eigenvalue weighted by molar-refractivity contribution is 6.06. The molecule has 2 N–H and O–H groups in total. The predicted molar refractivity (Wildman–Crippen MR) is 59.8 cm³/mol. The van der Waals surface area contributed by atoms with Crippen molar-refractivity contribution < 1.29 is 14.0 Å². The number of hydrogen-bond acceptors (Lipinski definition) is 2. The van der Waals surface area contributed by atoms with Gasteiger partial charge in [0, 0.05) is 0 Å². The van der Waals surface area contributed by atoms with Crippen molar-refractivity contribution in [3.8, 4) is 0 Å². The molecule has 0 aromatic heterocycles. The molecule has 1 saturated heterocycles. The number of imide groups is 1. The summed E-state index contributed by atoms with van der Waals surface area (Å²) in [7, 11) is 0. The van der Waals surface area contributed by atoms with Crippen LogP contribution in [0.3, 0.4) is 0 Å². The van der Waals surface area contributed by atoms with Crippen LogP contribution in [0.1, 0.15) is 18.9 Å².